The third-order valence-corrected chi connectivity index (χ3v) is 3.26. The van der Waals surface area contributed by atoms with Crippen molar-refractivity contribution in [1.82, 2.24) is 15.3 Å². The molecule has 0 unspecified atom stereocenters. The molecule has 1 amide bonds. The van der Waals surface area contributed by atoms with Crippen molar-refractivity contribution in [3.8, 4) is 0 Å². The normalized spacial score (nSPS) is 21.8. The molecule has 1 fully saturated rings. The zero-order valence-corrected chi connectivity index (χ0v) is 12.3. The molecule has 1 aliphatic rings. The molecular weight excluding hydrogens is 274 g/mol. The first kappa shape index (κ1) is 15.5. The predicted octanol–water partition coefficient (Wildman–Crippen LogP) is 0.573. The van der Waals surface area contributed by atoms with Gasteiger partial charge in [0.05, 0.1) is 19.3 Å². The monoisotopic (exact) mass is 295 g/mol. The molecule has 0 aromatic carbocycles. The van der Waals surface area contributed by atoms with Gasteiger partial charge in [-0.05, 0) is 20.3 Å². The number of amides is 1. The van der Waals surface area contributed by atoms with Gasteiger partial charge in [0.2, 0.25) is 0 Å². The molecule has 0 spiro atoms. The molecule has 0 radical (unpaired) electrons. The summed E-state index contributed by atoms with van der Waals surface area (Å²) in [5.74, 6) is -0.323. The van der Waals surface area contributed by atoms with E-state index in [-0.39, 0.29) is 23.7 Å². The van der Waals surface area contributed by atoms with E-state index in [2.05, 4.69) is 15.3 Å². The number of ether oxygens (including phenoxy) is 2. The summed E-state index contributed by atoms with van der Waals surface area (Å²) in [6, 6.07) is -0.129. The minimum atomic E-state index is -0.400. The van der Waals surface area contributed by atoms with Crippen LogP contribution in [-0.4, -0.2) is 47.8 Å². The van der Waals surface area contributed by atoms with Crippen molar-refractivity contribution in [1.29, 1.82) is 0 Å². The third kappa shape index (κ3) is 4.57. The number of aromatic nitrogens is 2. The van der Waals surface area contributed by atoms with Gasteiger partial charge in [-0.1, -0.05) is 11.6 Å². The Bertz CT molecular complexity index is 557. The Balaban J connectivity index is 1.93. The van der Waals surface area contributed by atoms with E-state index >= 15 is 0 Å². The number of hydrogen-bond donors (Lipinski definition) is 3. The first-order valence-corrected chi connectivity index (χ1v) is 6.97. The number of imidazole rings is 1. The molecule has 7 nitrogen and oxygen atoms in total. The van der Waals surface area contributed by atoms with Gasteiger partial charge in [-0.3, -0.25) is 4.79 Å². The van der Waals surface area contributed by atoms with Gasteiger partial charge in [0, 0.05) is 12.8 Å². The number of nitrogens with one attached hydrogen (secondary N) is 3. The van der Waals surface area contributed by atoms with Crippen LogP contribution in [0.4, 0.5) is 0 Å². The Labute approximate surface area is 122 Å². The predicted molar refractivity (Wildman–Crippen MR) is 77.3 cm³/mol. The summed E-state index contributed by atoms with van der Waals surface area (Å²) in [4.78, 5) is 27.9. The molecule has 0 bridgehead atoms. The average Bonchev–Trinajstić information content (AvgIpc) is 2.87. The van der Waals surface area contributed by atoms with Crippen LogP contribution in [-0.2, 0) is 9.47 Å². The Hall–Kier alpha value is -1.86. The van der Waals surface area contributed by atoms with Crippen LogP contribution >= 0.6 is 0 Å². The van der Waals surface area contributed by atoms with Crippen LogP contribution in [0.5, 0.6) is 0 Å². The fourth-order valence-corrected chi connectivity index (χ4v) is 2.08. The highest BCUT2D eigenvalue weighted by Gasteiger charge is 2.28. The van der Waals surface area contributed by atoms with E-state index in [1.807, 2.05) is 19.9 Å². The summed E-state index contributed by atoms with van der Waals surface area (Å²) >= 11 is 0. The van der Waals surface area contributed by atoms with Gasteiger partial charge in [-0.2, -0.15) is 0 Å². The lowest BCUT2D eigenvalue weighted by Gasteiger charge is -2.31. The minimum Gasteiger partial charge on any atom is -0.379 e. The Morgan fingerprint density at radius 3 is 3.05 bits per heavy atom. The molecule has 21 heavy (non-hydrogen) atoms. The summed E-state index contributed by atoms with van der Waals surface area (Å²) in [5, 5.41) is 2.88. The van der Waals surface area contributed by atoms with E-state index in [9.17, 15) is 9.59 Å². The average molecular weight is 295 g/mol. The number of carbonyl (C=O) groups excluding carboxylic acids is 1. The summed E-state index contributed by atoms with van der Waals surface area (Å²) < 4.78 is 11.2. The highest BCUT2D eigenvalue weighted by molar-refractivity contribution is 5.92. The lowest BCUT2D eigenvalue weighted by atomic mass is 10.1. The molecule has 116 valence electrons. The van der Waals surface area contributed by atoms with Gasteiger partial charge in [-0.25, -0.2) is 4.79 Å². The third-order valence-electron chi connectivity index (χ3n) is 3.26. The van der Waals surface area contributed by atoms with Crippen LogP contribution in [0.25, 0.3) is 0 Å². The molecule has 2 heterocycles. The SMILES string of the molecule is CC(C)=CCO[C@H]1COCC[C@@H]1NC(=O)c1c[nH]c(=O)[nH]1. The van der Waals surface area contributed by atoms with Crippen molar-refractivity contribution in [2.45, 2.75) is 32.4 Å². The topological polar surface area (TPSA) is 96.2 Å². The molecule has 0 aliphatic carbocycles. The maximum atomic E-state index is 12.0. The highest BCUT2D eigenvalue weighted by atomic mass is 16.5. The van der Waals surface area contributed by atoms with E-state index in [0.29, 0.717) is 26.2 Å². The molecule has 1 aromatic rings. The van der Waals surface area contributed by atoms with Crippen molar-refractivity contribution in [3.05, 3.63) is 34.0 Å². The molecule has 3 N–H and O–H groups in total. The van der Waals surface area contributed by atoms with Crippen LogP contribution < -0.4 is 11.0 Å². The summed E-state index contributed by atoms with van der Waals surface area (Å²) in [5.41, 5.74) is 0.996. The second kappa shape index (κ2) is 7.24. The van der Waals surface area contributed by atoms with Crippen LogP contribution in [0.3, 0.4) is 0 Å². The molecule has 1 aliphatic heterocycles. The van der Waals surface area contributed by atoms with E-state index < -0.39 is 5.69 Å². The number of hydrogen-bond acceptors (Lipinski definition) is 4. The number of aromatic amines is 2. The van der Waals surface area contributed by atoms with Crippen LogP contribution in [0.2, 0.25) is 0 Å². The Kier molecular flexibility index (Phi) is 5.35. The quantitative estimate of drug-likeness (QED) is 0.692. The maximum Gasteiger partial charge on any atom is 0.323 e. The molecule has 2 atom stereocenters. The van der Waals surface area contributed by atoms with Gasteiger partial charge >= 0.3 is 5.69 Å². The van der Waals surface area contributed by atoms with Gasteiger partial charge in [0.15, 0.2) is 0 Å². The van der Waals surface area contributed by atoms with Crippen LogP contribution in [0.1, 0.15) is 30.8 Å². The summed E-state index contributed by atoms with van der Waals surface area (Å²) in [6.07, 6.45) is 3.83. The fourth-order valence-electron chi connectivity index (χ4n) is 2.08. The largest absolute Gasteiger partial charge is 0.379 e. The molecular formula is C14H21N3O4. The molecule has 1 saturated heterocycles. The van der Waals surface area contributed by atoms with Crippen molar-refractivity contribution in [2.75, 3.05) is 19.8 Å². The standard InChI is InChI=1S/C14H21N3O4/c1-9(2)3-6-21-12-8-20-5-4-10(12)16-13(18)11-7-15-14(19)17-11/h3,7,10,12H,4-6,8H2,1-2H3,(H,16,18)(H2,15,17,19)/t10-,12-/m0/s1. The zero-order valence-electron chi connectivity index (χ0n) is 12.3. The first-order valence-electron chi connectivity index (χ1n) is 6.97. The van der Waals surface area contributed by atoms with Crippen molar-refractivity contribution in [2.24, 2.45) is 0 Å². The molecule has 2 rings (SSSR count). The lowest BCUT2D eigenvalue weighted by molar-refractivity contribution is -0.0589. The Morgan fingerprint density at radius 1 is 1.57 bits per heavy atom. The number of rotatable bonds is 5. The maximum absolute atomic E-state index is 12.0. The highest BCUT2D eigenvalue weighted by Crippen LogP contribution is 2.12. The fraction of sp³-hybridized carbons (Fsp3) is 0.571. The summed E-state index contributed by atoms with van der Waals surface area (Å²) in [6.45, 7) is 5.52. The number of allylic oxidation sites excluding steroid dienone is 1. The number of H-pyrrole nitrogens is 2. The molecule has 0 saturated carbocycles. The van der Waals surface area contributed by atoms with Crippen molar-refractivity contribution < 1.29 is 14.3 Å². The summed E-state index contributed by atoms with van der Waals surface area (Å²) in [7, 11) is 0. The lowest BCUT2D eigenvalue weighted by Crippen LogP contribution is -2.50. The van der Waals surface area contributed by atoms with E-state index in [1.54, 1.807) is 0 Å². The van der Waals surface area contributed by atoms with Crippen LogP contribution in [0, 0.1) is 0 Å². The van der Waals surface area contributed by atoms with Crippen molar-refractivity contribution in [3.63, 3.8) is 0 Å². The smallest absolute Gasteiger partial charge is 0.323 e. The van der Waals surface area contributed by atoms with Gasteiger partial charge in [-0.15, -0.1) is 0 Å². The van der Waals surface area contributed by atoms with Gasteiger partial charge in [0.1, 0.15) is 11.8 Å². The second-order valence-corrected chi connectivity index (χ2v) is 5.25. The minimum absolute atomic E-state index is 0.129. The zero-order chi connectivity index (χ0) is 15.2. The van der Waals surface area contributed by atoms with E-state index in [1.165, 1.54) is 11.8 Å². The second-order valence-electron chi connectivity index (χ2n) is 5.25. The number of carbonyl (C=O) groups is 1. The van der Waals surface area contributed by atoms with Crippen molar-refractivity contribution >= 4 is 5.91 Å². The molecule has 7 heteroatoms. The van der Waals surface area contributed by atoms with E-state index in [4.69, 9.17) is 9.47 Å². The Morgan fingerprint density at radius 2 is 2.38 bits per heavy atom. The first-order chi connectivity index (χ1) is 10.1. The van der Waals surface area contributed by atoms with Gasteiger partial charge < -0.3 is 24.8 Å². The van der Waals surface area contributed by atoms with Gasteiger partial charge in [0.25, 0.3) is 5.91 Å². The van der Waals surface area contributed by atoms with E-state index in [0.717, 1.165) is 0 Å². The molecule has 1 aromatic heterocycles. The van der Waals surface area contributed by atoms with Crippen LogP contribution in [0.15, 0.2) is 22.6 Å².